The molecule has 3 N–H and O–H groups in total. The average Bonchev–Trinajstić information content (AvgIpc) is 2.99. The number of nitrogens with zero attached hydrogens (tertiary/aromatic N) is 1. The predicted octanol–water partition coefficient (Wildman–Crippen LogP) is 1.30. The summed E-state index contributed by atoms with van der Waals surface area (Å²) in [5.74, 6) is 0.0306. The van der Waals surface area contributed by atoms with Crippen molar-refractivity contribution in [2.45, 2.75) is 56.8 Å². The van der Waals surface area contributed by atoms with Crippen molar-refractivity contribution < 1.29 is 19.4 Å². The van der Waals surface area contributed by atoms with Crippen LogP contribution >= 0.6 is 11.3 Å². The summed E-state index contributed by atoms with van der Waals surface area (Å²) in [5.41, 5.74) is 0. The van der Waals surface area contributed by atoms with Crippen LogP contribution in [0.4, 0.5) is 5.13 Å². The molecule has 7 nitrogen and oxygen atoms in total. The van der Waals surface area contributed by atoms with E-state index in [0.29, 0.717) is 18.0 Å². The van der Waals surface area contributed by atoms with E-state index in [2.05, 4.69) is 15.6 Å². The molecule has 1 aliphatic carbocycles. The van der Waals surface area contributed by atoms with E-state index in [4.69, 9.17) is 4.74 Å². The van der Waals surface area contributed by atoms with Crippen LogP contribution in [0, 0.1) is 5.92 Å². The molecule has 2 amide bonds. The molecular formula is C16H23N3O4S. The van der Waals surface area contributed by atoms with E-state index in [9.17, 15) is 14.7 Å². The van der Waals surface area contributed by atoms with Gasteiger partial charge in [-0.2, -0.15) is 0 Å². The van der Waals surface area contributed by atoms with Gasteiger partial charge in [0.15, 0.2) is 5.13 Å². The molecule has 1 saturated heterocycles. The van der Waals surface area contributed by atoms with Crippen molar-refractivity contribution in [2.75, 3.05) is 11.9 Å². The van der Waals surface area contributed by atoms with Gasteiger partial charge in [-0.3, -0.25) is 9.59 Å². The number of ether oxygens (including phenoxy) is 1. The molecule has 24 heavy (non-hydrogen) atoms. The zero-order valence-electron chi connectivity index (χ0n) is 13.4. The fraction of sp³-hybridized carbons (Fsp3) is 0.688. The number of rotatable bonds is 6. The van der Waals surface area contributed by atoms with Gasteiger partial charge in [0.25, 0.3) is 0 Å². The second-order valence-corrected chi connectivity index (χ2v) is 7.28. The number of amides is 2. The SMILES string of the molecule is O=C(C[C@@H]1CC[C@H](NC(=O)C2CCC2)[C@@H](CO)O1)Nc1nccs1. The zero-order valence-corrected chi connectivity index (χ0v) is 14.3. The molecule has 0 unspecified atom stereocenters. The van der Waals surface area contributed by atoms with Crippen LogP contribution < -0.4 is 10.6 Å². The van der Waals surface area contributed by atoms with Gasteiger partial charge in [-0.1, -0.05) is 6.42 Å². The minimum Gasteiger partial charge on any atom is -0.394 e. The minimum atomic E-state index is -0.458. The van der Waals surface area contributed by atoms with Gasteiger partial charge in [0, 0.05) is 17.5 Å². The minimum absolute atomic E-state index is 0.0632. The van der Waals surface area contributed by atoms with Crippen LogP contribution in [0.2, 0.25) is 0 Å². The summed E-state index contributed by atoms with van der Waals surface area (Å²) in [6.07, 6.45) is 5.54. The van der Waals surface area contributed by atoms with Crippen molar-refractivity contribution in [1.29, 1.82) is 0 Å². The Morgan fingerprint density at radius 1 is 1.33 bits per heavy atom. The molecule has 1 aromatic heterocycles. The average molecular weight is 353 g/mol. The van der Waals surface area contributed by atoms with Gasteiger partial charge in [-0.15, -0.1) is 11.3 Å². The second-order valence-electron chi connectivity index (χ2n) is 6.39. The van der Waals surface area contributed by atoms with E-state index >= 15 is 0 Å². The molecule has 1 saturated carbocycles. The van der Waals surface area contributed by atoms with E-state index in [-0.39, 0.29) is 42.9 Å². The number of aromatic nitrogens is 1. The Bertz CT molecular complexity index is 562. The first-order valence-corrected chi connectivity index (χ1v) is 9.29. The number of carbonyl (C=O) groups is 2. The summed E-state index contributed by atoms with van der Waals surface area (Å²) in [6, 6.07) is -0.179. The van der Waals surface area contributed by atoms with Crippen LogP contribution in [0.1, 0.15) is 38.5 Å². The van der Waals surface area contributed by atoms with Gasteiger partial charge in [0.05, 0.1) is 25.2 Å². The lowest BCUT2D eigenvalue weighted by atomic mass is 9.84. The van der Waals surface area contributed by atoms with Crippen LogP contribution in [0.15, 0.2) is 11.6 Å². The molecule has 0 bridgehead atoms. The number of hydrogen-bond donors (Lipinski definition) is 3. The van der Waals surface area contributed by atoms with Crippen molar-refractivity contribution in [3.63, 3.8) is 0 Å². The van der Waals surface area contributed by atoms with Gasteiger partial charge < -0.3 is 20.5 Å². The highest BCUT2D eigenvalue weighted by Crippen LogP contribution is 2.28. The number of nitrogens with one attached hydrogen (secondary N) is 2. The molecule has 2 fully saturated rings. The second kappa shape index (κ2) is 8.04. The van der Waals surface area contributed by atoms with E-state index in [1.807, 2.05) is 0 Å². The number of carbonyl (C=O) groups excluding carboxylic acids is 2. The first-order chi connectivity index (χ1) is 11.7. The maximum Gasteiger partial charge on any atom is 0.228 e. The fourth-order valence-electron chi connectivity index (χ4n) is 3.08. The standard InChI is InChI=1S/C16H23N3O4S/c20-9-13-12(18-15(22)10-2-1-3-10)5-4-11(23-13)8-14(21)19-16-17-6-7-24-16/h6-7,10-13,20H,1-5,8-9H2,(H,18,22)(H,17,19,21)/t11-,12-,13+/m0/s1. The summed E-state index contributed by atoms with van der Waals surface area (Å²) in [4.78, 5) is 28.1. The molecule has 3 atom stereocenters. The summed E-state index contributed by atoms with van der Waals surface area (Å²) in [5, 5.41) is 17.7. The molecule has 2 aliphatic rings. The largest absolute Gasteiger partial charge is 0.394 e. The first kappa shape index (κ1) is 17.3. The Morgan fingerprint density at radius 3 is 2.79 bits per heavy atom. The van der Waals surface area contributed by atoms with Crippen molar-refractivity contribution >= 4 is 28.3 Å². The van der Waals surface area contributed by atoms with Gasteiger partial charge >= 0.3 is 0 Å². The predicted molar refractivity (Wildman–Crippen MR) is 89.6 cm³/mol. The molecule has 0 radical (unpaired) electrons. The van der Waals surface area contributed by atoms with Gasteiger partial charge in [0.2, 0.25) is 11.8 Å². The van der Waals surface area contributed by atoms with Gasteiger partial charge in [-0.05, 0) is 25.7 Å². The topological polar surface area (TPSA) is 101 Å². The molecule has 1 aromatic rings. The van der Waals surface area contributed by atoms with E-state index in [1.54, 1.807) is 11.6 Å². The maximum absolute atomic E-state index is 12.1. The highest BCUT2D eigenvalue weighted by Gasteiger charge is 2.35. The van der Waals surface area contributed by atoms with Crippen LogP contribution in [-0.2, 0) is 14.3 Å². The Balaban J connectivity index is 1.46. The quantitative estimate of drug-likeness (QED) is 0.716. The van der Waals surface area contributed by atoms with Crippen molar-refractivity contribution in [3.8, 4) is 0 Å². The van der Waals surface area contributed by atoms with Crippen LogP contribution in [-0.4, -0.2) is 46.8 Å². The third-order valence-electron chi connectivity index (χ3n) is 4.69. The Kier molecular flexibility index (Phi) is 5.80. The molecule has 132 valence electrons. The smallest absolute Gasteiger partial charge is 0.228 e. The van der Waals surface area contributed by atoms with Gasteiger partial charge in [-0.25, -0.2) is 4.98 Å². The van der Waals surface area contributed by atoms with Crippen molar-refractivity contribution in [2.24, 2.45) is 5.92 Å². The van der Waals surface area contributed by atoms with Gasteiger partial charge in [0.1, 0.15) is 6.10 Å². The van der Waals surface area contributed by atoms with Crippen molar-refractivity contribution in [3.05, 3.63) is 11.6 Å². The lowest BCUT2D eigenvalue weighted by Crippen LogP contribution is -2.53. The number of aliphatic hydroxyl groups is 1. The molecule has 0 spiro atoms. The highest BCUT2D eigenvalue weighted by molar-refractivity contribution is 7.13. The molecule has 1 aliphatic heterocycles. The summed E-state index contributed by atoms with van der Waals surface area (Å²) in [6.45, 7) is -0.166. The third kappa shape index (κ3) is 4.31. The van der Waals surface area contributed by atoms with E-state index in [0.717, 1.165) is 19.3 Å². The fourth-order valence-corrected chi connectivity index (χ4v) is 3.63. The molecule has 8 heteroatoms. The number of thiazole rings is 1. The number of hydrogen-bond acceptors (Lipinski definition) is 6. The van der Waals surface area contributed by atoms with E-state index < -0.39 is 6.10 Å². The molecule has 2 heterocycles. The normalized spacial score (nSPS) is 27.3. The summed E-state index contributed by atoms with van der Waals surface area (Å²) in [7, 11) is 0. The highest BCUT2D eigenvalue weighted by atomic mass is 32.1. The Labute approximate surface area is 144 Å². The molecular weight excluding hydrogens is 330 g/mol. The van der Waals surface area contributed by atoms with Crippen LogP contribution in [0.5, 0.6) is 0 Å². The molecule has 3 rings (SSSR count). The third-order valence-corrected chi connectivity index (χ3v) is 5.38. The number of aliphatic hydroxyl groups excluding tert-OH is 1. The summed E-state index contributed by atoms with van der Waals surface area (Å²) >= 11 is 1.36. The monoisotopic (exact) mass is 353 g/mol. The Morgan fingerprint density at radius 2 is 2.17 bits per heavy atom. The lowest BCUT2D eigenvalue weighted by molar-refractivity contribution is -0.137. The summed E-state index contributed by atoms with van der Waals surface area (Å²) < 4.78 is 5.83. The number of anilines is 1. The zero-order chi connectivity index (χ0) is 16.9. The van der Waals surface area contributed by atoms with Crippen LogP contribution in [0.25, 0.3) is 0 Å². The maximum atomic E-state index is 12.1. The molecule has 0 aromatic carbocycles. The first-order valence-electron chi connectivity index (χ1n) is 8.41. The Hall–Kier alpha value is -1.51. The van der Waals surface area contributed by atoms with E-state index in [1.165, 1.54) is 11.3 Å². The van der Waals surface area contributed by atoms with Crippen LogP contribution in [0.3, 0.4) is 0 Å². The lowest BCUT2D eigenvalue weighted by Gasteiger charge is -2.37. The van der Waals surface area contributed by atoms with Crippen molar-refractivity contribution in [1.82, 2.24) is 10.3 Å².